The van der Waals surface area contributed by atoms with Gasteiger partial charge in [-0.1, -0.05) is 0 Å². The number of carbonyl (C=O) groups is 1. The van der Waals surface area contributed by atoms with E-state index in [0.717, 1.165) is 36.2 Å². The van der Waals surface area contributed by atoms with Crippen LogP contribution in [-0.2, 0) is 16.6 Å². The van der Waals surface area contributed by atoms with Crippen LogP contribution in [0.2, 0.25) is 0 Å². The second kappa shape index (κ2) is 7.68. The molecule has 4 rings (SSSR count). The molecule has 1 saturated carbocycles. The number of anilines is 2. The van der Waals surface area contributed by atoms with Gasteiger partial charge in [-0.2, -0.15) is 5.10 Å². The quantitative estimate of drug-likeness (QED) is 0.509. The predicted octanol–water partition coefficient (Wildman–Crippen LogP) is 2.29. The van der Waals surface area contributed by atoms with Crippen LogP contribution in [0.1, 0.15) is 50.3 Å². The third-order valence-electron chi connectivity index (χ3n) is 5.30. The first-order valence-corrected chi connectivity index (χ1v) is 11.3. The fourth-order valence-corrected chi connectivity index (χ4v) is 5.17. The highest BCUT2D eigenvalue weighted by molar-refractivity contribution is 7.89. The maximum absolute atomic E-state index is 11.9. The average molecular weight is 419 g/mol. The normalized spacial score (nSPS) is 22.4. The van der Waals surface area contributed by atoms with Gasteiger partial charge < -0.3 is 16.0 Å². The minimum absolute atomic E-state index is 0.114. The van der Waals surface area contributed by atoms with E-state index in [1.807, 2.05) is 26.0 Å². The van der Waals surface area contributed by atoms with Gasteiger partial charge in [0.15, 0.2) is 5.82 Å². The zero-order chi connectivity index (χ0) is 20.6. The van der Waals surface area contributed by atoms with Gasteiger partial charge in [-0.15, -0.1) is 0 Å². The number of sulfonamides is 1. The Morgan fingerprint density at radius 1 is 1.24 bits per heavy atom. The lowest BCUT2D eigenvalue weighted by Crippen LogP contribution is -2.43. The minimum atomic E-state index is -3.36. The molecule has 1 aliphatic heterocycles. The summed E-state index contributed by atoms with van der Waals surface area (Å²) in [6.45, 7) is 4.18. The Balaban J connectivity index is 1.37. The first-order valence-electron chi connectivity index (χ1n) is 9.82. The molecule has 29 heavy (non-hydrogen) atoms. The van der Waals surface area contributed by atoms with E-state index in [0.29, 0.717) is 23.2 Å². The lowest BCUT2D eigenvalue weighted by atomic mass is 10.0. The zero-order valence-corrected chi connectivity index (χ0v) is 17.3. The Morgan fingerprint density at radius 3 is 2.86 bits per heavy atom. The molecule has 10 heteroatoms. The lowest BCUT2D eigenvalue weighted by molar-refractivity contribution is 0.234. The first-order chi connectivity index (χ1) is 13.8. The second-order valence-electron chi connectivity index (χ2n) is 7.96. The van der Waals surface area contributed by atoms with Crippen molar-refractivity contribution < 1.29 is 13.2 Å². The van der Waals surface area contributed by atoms with Crippen molar-refractivity contribution in [2.24, 2.45) is 0 Å². The van der Waals surface area contributed by atoms with Crippen LogP contribution in [0.4, 0.5) is 16.3 Å². The Hall–Kier alpha value is -2.59. The molecule has 0 radical (unpaired) electrons. The molecule has 2 amide bonds. The van der Waals surface area contributed by atoms with Crippen LogP contribution < -0.4 is 20.7 Å². The van der Waals surface area contributed by atoms with E-state index in [2.05, 4.69) is 30.9 Å². The van der Waals surface area contributed by atoms with Crippen molar-refractivity contribution >= 4 is 27.6 Å². The predicted molar refractivity (Wildman–Crippen MR) is 110 cm³/mol. The van der Waals surface area contributed by atoms with Crippen LogP contribution in [0.3, 0.4) is 0 Å². The molecule has 1 fully saturated rings. The zero-order valence-electron chi connectivity index (χ0n) is 16.5. The summed E-state index contributed by atoms with van der Waals surface area (Å²) in [5, 5.41) is 16.5. The lowest BCUT2D eigenvalue weighted by Gasteiger charge is -2.15. The van der Waals surface area contributed by atoms with Gasteiger partial charge in [-0.25, -0.2) is 17.9 Å². The van der Waals surface area contributed by atoms with Gasteiger partial charge in [0.05, 0.1) is 4.90 Å². The molecule has 0 saturated heterocycles. The molecule has 2 atom stereocenters. The number of nitrogens with one attached hydrogen (secondary N) is 5. The molecule has 2 unspecified atom stereocenters. The second-order valence-corrected chi connectivity index (χ2v) is 9.70. The molecule has 2 aromatic rings. The molecular formula is C19H26N6O3S. The number of aromatic nitrogens is 2. The summed E-state index contributed by atoms with van der Waals surface area (Å²) in [4.78, 5) is 12.2. The summed E-state index contributed by atoms with van der Waals surface area (Å²) in [6, 6.07) is 7.29. The summed E-state index contributed by atoms with van der Waals surface area (Å²) < 4.78 is 26.2. The largest absolute Gasteiger partial charge is 0.339 e. The van der Waals surface area contributed by atoms with Gasteiger partial charge in [0.2, 0.25) is 10.0 Å². The van der Waals surface area contributed by atoms with Crippen LogP contribution in [0, 0.1) is 0 Å². The van der Waals surface area contributed by atoms with E-state index >= 15 is 0 Å². The number of aromatic amines is 1. The van der Waals surface area contributed by atoms with Crippen molar-refractivity contribution in [3.05, 3.63) is 35.5 Å². The average Bonchev–Trinajstić information content (AvgIpc) is 3.34. The number of H-pyrrole nitrogens is 1. The van der Waals surface area contributed by atoms with Crippen LogP contribution >= 0.6 is 0 Å². The van der Waals surface area contributed by atoms with Crippen molar-refractivity contribution in [3.63, 3.8) is 0 Å². The fraction of sp³-hybridized carbons (Fsp3) is 0.474. The summed E-state index contributed by atoms with van der Waals surface area (Å²) in [7, 11) is -3.36. The number of fused-ring (bicyclic) bond motifs is 1. The van der Waals surface area contributed by atoms with Gasteiger partial charge >= 0.3 is 6.03 Å². The molecule has 0 spiro atoms. The van der Waals surface area contributed by atoms with Gasteiger partial charge in [0.1, 0.15) is 0 Å². The number of urea groups is 1. The number of nitrogens with zero attached hydrogens (tertiary/aromatic N) is 1. The number of carbonyl (C=O) groups excluding carboxylic acids is 1. The van der Waals surface area contributed by atoms with E-state index in [4.69, 9.17) is 0 Å². The van der Waals surface area contributed by atoms with E-state index in [-0.39, 0.29) is 18.1 Å². The van der Waals surface area contributed by atoms with Crippen molar-refractivity contribution in [1.29, 1.82) is 0 Å². The summed E-state index contributed by atoms with van der Waals surface area (Å²) in [5.41, 5.74) is 2.57. The monoisotopic (exact) mass is 418 g/mol. The minimum Gasteiger partial charge on any atom is -0.339 e. The Labute approximate surface area is 170 Å². The topological polar surface area (TPSA) is 128 Å². The van der Waals surface area contributed by atoms with Crippen LogP contribution in [0.5, 0.6) is 0 Å². The summed E-state index contributed by atoms with van der Waals surface area (Å²) in [6.07, 6.45) is 2.79. The standard InChI is InChI=1S/C19H26N6O3S/c1-11(2)21-19(26)23-15-4-3-12(7-15)16-9-18(25-24-16)22-14-5-6-17-13(8-14)10-20-29(17,27)28/h5-6,8-9,11-12,15,20H,3-4,7,10H2,1-2H3,(H2,21,23,26)(H2,22,24,25). The molecule has 1 aromatic carbocycles. The molecule has 2 heterocycles. The molecule has 1 aromatic heterocycles. The first kappa shape index (κ1) is 19.7. The molecular weight excluding hydrogens is 392 g/mol. The van der Waals surface area contributed by atoms with Crippen LogP contribution in [-0.4, -0.2) is 36.7 Å². The van der Waals surface area contributed by atoms with Crippen molar-refractivity contribution in [2.45, 2.75) is 62.6 Å². The van der Waals surface area contributed by atoms with Crippen molar-refractivity contribution in [3.8, 4) is 0 Å². The van der Waals surface area contributed by atoms with Gasteiger partial charge in [-0.3, -0.25) is 5.10 Å². The maximum atomic E-state index is 11.9. The summed E-state index contributed by atoms with van der Waals surface area (Å²) >= 11 is 0. The number of hydrogen-bond donors (Lipinski definition) is 5. The highest BCUT2D eigenvalue weighted by atomic mass is 32.2. The van der Waals surface area contributed by atoms with Crippen molar-refractivity contribution in [2.75, 3.05) is 5.32 Å². The maximum Gasteiger partial charge on any atom is 0.315 e. The Kier molecular flexibility index (Phi) is 5.22. The van der Waals surface area contributed by atoms with E-state index < -0.39 is 10.0 Å². The number of rotatable bonds is 5. The van der Waals surface area contributed by atoms with Gasteiger partial charge in [0.25, 0.3) is 0 Å². The smallest absolute Gasteiger partial charge is 0.315 e. The number of benzene rings is 1. The highest BCUT2D eigenvalue weighted by Gasteiger charge is 2.29. The molecule has 156 valence electrons. The molecule has 2 aliphatic rings. The van der Waals surface area contributed by atoms with Crippen LogP contribution in [0.15, 0.2) is 29.2 Å². The van der Waals surface area contributed by atoms with Gasteiger partial charge in [0, 0.05) is 42.0 Å². The molecule has 9 nitrogen and oxygen atoms in total. The van der Waals surface area contributed by atoms with Crippen molar-refractivity contribution in [1.82, 2.24) is 25.6 Å². The highest BCUT2D eigenvalue weighted by Crippen LogP contribution is 2.35. The number of hydrogen-bond acceptors (Lipinski definition) is 5. The van der Waals surface area contributed by atoms with Gasteiger partial charge in [-0.05, 0) is 56.9 Å². The fourth-order valence-electron chi connectivity index (χ4n) is 3.95. The Morgan fingerprint density at radius 2 is 2.07 bits per heavy atom. The Bertz CT molecular complexity index is 1020. The van der Waals surface area contributed by atoms with E-state index in [9.17, 15) is 13.2 Å². The van der Waals surface area contributed by atoms with E-state index in [1.54, 1.807) is 12.1 Å². The molecule has 5 N–H and O–H groups in total. The van der Waals surface area contributed by atoms with Crippen LogP contribution in [0.25, 0.3) is 0 Å². The third kappa shape index (κ3) is 4.38. The number of amides is 2. The SMILES string of the molecule is CC(C)NC(=O)NC1CCC(c2cc(Nc3ccc4c(c3)CNS4(=O)=O)n[nH]2)C1. The molecule has 1 aliphatic carbocycles. The summed E-state index contributed by atoms with van der Waals surface area (Å²) in [5.74, 6) is 1.000. The third-order valence-corrected chi connectivity index (χ3v) is 6.80. The molecule has 0 bridgehead atoms. The van der Waals surface area contributed by atoms with E-state index in [1.165, 1.54) is 0 Å².